The number of hydrogen-bond acceptors (Lipinski definition) is 0. The van der Waals surface area contributed by atoms with Crippen molar-refractivity contribution in [1.82, 2.24) is 0 Å². The van der Waals surface area contributed by atoms with Gasteiger partial charge in [-0.15, -0.1) is 0 Å². The van der Waals surface area contributed by atoms with E-state index in [4.69, 9.17) is 0 Å². The van der Waals surface area contributed by atoms with Gasteiger partial charge in [-0.05, 0) is 30.1 Å². The SMILES string of the molecule is CC(C)CC1(C)CCCCC1C. The highest BCUT2D eigenvalue weighted by Gasteiger charge is 2.33. The maximum Gasteiger partial charge on any atom is -0.0298 e. The molecule has 0 aromatic rings. The Kier molecular flexibility index (Phi) is 3.20. The van der Waals surface area contributed by atoms with Crippen LogP contribution in [0.1, 0.15) is 59.8 Å². The summed E-state index contributed by atoms with van der Waals surface area (Å²) < 4.78 is 0. The molecule has 72 valence electrons. The second kappa shape index (κ2) is 3.81. The monoisotopic (exact) mass is 168 g/mol. The van der Waals surface area contributed by atoms with Gasteiger partial charge >= 0.3 is 0 Å². The molecule has 0 amide bonds. The van der Waals surface area contributed by atoms with E-state index in [2.05, 4.69) is 27.7 Å². The van der Waals surface area contributed by atoms with E-state index in [9.17, 15) is 0 Å². The summed E-state index contributed by atoms with van der Waals surface area (Å²) in [6, 6.07) is 0. The van der Waals surface area contributed by atoms with Gasteiger partial charge < -0.3 is 0 Å². The first-order valence-electron chi connectivity index (χ1n) is 5.54. The highest BCUT2D eigenvalue weighted by molar-refractivity contribution is 4.84. The van der Waals surface area contributed by atoms with Crippen LogP contribution in [-0.2, 0) is 0 Å². The molecule has 1 saturated carbocycles. The molecule has 0 N–H and O–H groups in total. The summed E-state index contributed by atoms with van der Waals surface area (Å²) >= 11 is 0. The van der Waals surface area contributed by atoms with Crippen LogP contribution in [0.3, 0.4) is 0 Å². The highest BCUT2D eigenvalue weighted by atomic mass is 14.4. The molecule has 0 aromatic carbocycles. The standard InChI is InChI=1S/C12H24/c1-10(2)9-12(4)8-6-5-7-11(12)3/h10-11H,5-9H2,1-4H3. The lowest BCUT2D eigenvalue weighted by Gasteiger charge is -2.41. The van der Waals surface area contributed by atoms with Crippen molar-refractivity contribution < 1.29 is 0 Å². The van der Waals surface area contributed by atoms with Crippen LogP contribution >= 0.6 is 0 Å². The first-order chi connectivity index (χ1) is 5.54. The van der Waals surface area contributed by atoms with Crippen molar-refractivity contribution in [2.45, 2.75) is 59.8 Å². The minimum absolute atomic E-state index is 0.659. The van der Waals surface area contributed by atoms with Gasteiger partial charge in [0.2, 0.25) is 0 Å². The van der Waals surface area contributed by atoms with Crippen molar-refractivity contribution in [2.75, 3.05) is 0 Å². The molecule has 0 heteroatoms. The Morgan fingerprint density at radius 1 is 1.33 bits per heavy atom. The van der Waals surface area contributed by atoms with Gasteiger partial charge in [-0.2, -0.15) is 0 Å². The third kappa shape index (κ3) is 2.24. The van der Waals surface area contributed by atoms with Crippen molar-refractivity contribution in [1.29, 1.82) is 0 Å². The summed E-state index contributed by atoms with van der Waals surface area (Å²) in [5, 5.41) is 0. The second-order valence-corrected chi connectivity index (χ2v) is 5.40. The fourth-order valence-electron chi connectivity index (χ4n) is 2.81. The fraction of sp³-hybridized carbons (Fsp3) is 1.00. The van der Waals surface area contributed by atoms with Gasteiger partial charge in [0.15, 0.2) is 0 Å². The summed E-state index contributed by atoms with van der Waals surface area (Å²) in [4.78, 5) is 0. The van der Waals surface area contributed by atoms with Gasteiger partial charge in [-0.1, -0.05) is 47.0 Å². The Hall–Kier alpha value is 0. The van der Waals surface area contributed by atoms with E-state index in [0.717, 1.165) is 11.8 Å². The Labute approximate surface area is 77.7 Å². The van der Waals surface area contributed by atoms with Crippen molar-refractivity contribution >= 4 is 0 Å². The Bertz CT molecular complexity index is 137. The molecule has 2 atom stereocenters. The van der Waals surface area contributed by atoms with Crippen LogP contribution in [0.5, 0.6) is 0 Å². The topological polar surface area (TPSA) is 0 Å². The molecule has 1 aliphatic carbocycles. The van der Waals surface area contributed by atoms with Crippen molar-refractivity contribution in [3.63, 3.8) is 0 Å². The molecular formula is C12H24. The quantitative estimate of drug-likeness (QED) is 0.578. The average Bonchev–Trinajstić information content (AvgIpc) is 1.94. The summed E-state index contributed by atoms with van der Waals surface area (Å²) in [5.74, 6) is 1.82. The third-order valence-corrected chi connectivity index (χ3v) is 3.70. The number of hydrogen-bond donors (Lipinski definition) is 0. The first kappa shape index (κ1) is 10.1. The molecule has 0 saturated heterocycles. The highest BCUT2D eigenvalue weighted by Crippen LogP contribution is 2.44. The van der Waals surface area contributed by atoms with Crippen LogP contribution in [-0.4, -0.2) is 0 Å². The van der Waals surface area contributed by atoms with E-state index < -0.39 is 0 Å². The smallest absolute Gasteiger partial charge is 0.0298 e. The van der Waals surface area contributed by atoms with E-state index in [1.807, 2.05) is 0 Å². The van der Waals surface area contributed by atoms with E-state index in [0.29, 0.717) is 5.41 Å². The van der Waals surface area contributed by atoms with Crippen molar-refractivity contribution in [3.05, 3.63) is 0 Å². The van der Waals surface area contributed by atoms with E-state index in [1.165, 1.54) is 32.1 Å². The summed E-state index contributed by atoms with van der Waals surface area (Å²) in [7, 11) is 0. The van der Waals surface area contributed by atoms with Gasteiger partial charge in [-0.25, -0.2) is 0 Å². The lowest BCUT2D eigenvalue weighted by atomic mass is 9.65. The maximum absolute atomic E-state index is 2.50. The number of rotatable bonds is 2. The molecule has 0 aliphatic heterocycles. The average molecular weight is 168 g/mol. The zero-order valence-corrected chi connectivity index (χ0v) is 9.19. The van der Waals surface area contributed by atoms with Gasteiger partial charge in [-0.3, -0.25) is 0 Å². The Balaban J connectivity index is 2.53. The molecule has 0 nitrogen and oxygen atoms in total. The molecular weight excluding hydrogens is 144 g/mol. The normalized spacial score (nSPS) is 37.2. The Morgan fingerprint density at radius 3 is 2.50 bits per heavy atom. The molecule has 0 aromatic heterocycles. The van der Waals surface area contributed by atoms with Crippen molar-refractivity contribution in [2.24, 2.45) is 17.3 Å². The molecule has 12 heavy (non-hydrogen) atoms. The van der Waals surface area contributed by atoms with Crippen LogP contribution in [0, 0.1) is 17.3 Å². The van der Waals surface area contributed by atoms with Crippen LogP contribution in [0.25, 0.3) is 0 Å². The van der Waals surface area contributed by atoms with Gasteiger partial charge in [0.1, 0.15) is 0 Å². The van der Waals surface area contributed by atoms with Crippen LogP contribution < -0.4 is 0 Å². The van der Waals surface area contributed by atoms with Crippen LogP contribution in [0.2, 0.25) is 0 Å². The minimum Gasteiger partial charge on any atom is -0.0628 e. The maximum atomic E-state index is 2.50. The third-order valence-electron chi connectivity index (χ3n) is 3.70. The Morgan fingerprint density at radius 2 is 2.00 bits per heavy atom. The zero-order chi connectivity index (χ0) is 9.19. The predicted octanol–water partition coefficient (Wildman–Crippen LogP) is 4.25. The lowest BCUT2D eigenvalue weighted by Crippen LogP contribution is -2.30. The van der Waals surface area contributed by atoms with Crippen LogP contribution in [0.4, 0.5) is 0 Å². The minimum atomic E-state index is 0.659. The van der Waals surface area contributed by atoms with E-state index >= 15 is 0 Å². The zero-order valence-electron chi connectivity index (χ0n) is 9.19. The molecule has 0 bridgehead atoms. The van der Waals surface area contributed by atoms with Crippen LogP contribution in [0.15, 0.2) is 0 Å². The molecule has 1 rings (SSSR count). The fourth-order valence-corrected chi connectivity index (χ4v) is 2.81. The molecule has 0 radical (unpaired) electrons. The summed E-state index contributed by atoms with van der Waals surface area (Å²) in [6.07, 6.45) is 7.28. The largest absolute Gasteiger partial charge is 0.0628 e. The molecule has 2 unspecified atom stereocenters. The summed E-state index contributed by atoms with van der Waals surface area (Å²) in [5.41, 5.74) is 0.659. The van der Waals surface area contributed by atoms with Gasteiger partial charge in [0, 0.05) is 0 Å². The first-order valence-corrected chi connectivity index (χ1v) is 5.54. The lowest BCUT2D eigenvalue weighted by molar-refractivity contribution is 0.101. The molecule has 0 heterocycles. The van der Waals surface area contributed by atoms with E-state index in [1.54, 1.807) is 0 Å². The second-order valence-electron chi connectivity index (χ2n) is 5.40. The molecule has 1 aliphatic rings. The van der Waals surface area contributed by atoms with Gasteiger partial charge in [0.05, 0.1) is 0 Å². The molecule has 1 fully saturated rings. The van der Waals surface area contributed by atoms with Crippen molar-refractivity contribution in [3.8, 4) is 0 Å². The predicted molar refractivity (Wildman–Crippen MR) is 55.2 cm³/mol. The van der Waals surface area contributed by atoms with Gasteiger partial charge in [0.25, 0.3) is 0 Å². The van der Waals surface area contributed by atoms with E-state index in [-0.39, 0.29) is 0 Å². The molecule has 0 spiro atoms. The summed E-state index contributed by atoms with van der Waals surface area (Å²) in [6.45, 7) is 9.65.